The SMILES string of the molecule is CC(/C=C/C=C(\C)[C@H](O)[C@H](C)[C@@H]1C[C@H](O)[C@@]2(C)O[C@@H]2/C=C/[C@@H](C)C(O)C[C@H](CC(=O)O)C/C=C/C(=O)O1)=C\c1coc(C)n1. The number of cyclic esters (lactones) is 1. The van der Waals surface area contributed by atoms with Crippen LogP contribution in [0.4, 0.5) is 0 Å². The Labute approximate surface area is 259 Å². The Bertz CT molecular complexity index is 1290. The number of hydrogen-bond acceptors (Lipinski definition) is 9. The number of aliphatic hydroxyl groups excluding tert-OH is 3. The highest BCUT2D eigenvalue weighted by Gasteiger charge is 2.56. The molecule has 10 nitrogen and oxygen atoms in total. The summed E-state index contributed by atoms with van der Waals surface area (Å²) >= 11 is 0. The molecular weight excluding hydrogens is 566 g/mol. The molecule has 44 heavy (non-hydrogen) atoms. The predicted octanol–water partition coefficient (Wildman–Crippen LogP) is 4.70. The van der Waals surface area contributed by atoms with Crippen LogP contribution < -0.4 is 0 Å². The molecule has 0 radical (unpaired) electrons. The van der Waals surface area contributed by atoms with Crippen LogP contribution in [0, 0.1) is 24.7 Å². The number of aryl methyl sites for hydroxylation is 1. The summed E-state index contributed by atoms with van der Waals surface area (Å²) in [7, 11) is 0. The maximum atomic E-state index is 12.9. The van der Waals surface area contributed by atoms with Crippen LogP contribution >= 0.6 is 0 Å². The molecule has 1 unspecified atom stereocenters. The number of aliphatic carboxylic acids is 1. The van der Waals surface area contributed by atoms with E-state index in [1.165, 1.54) is 6.08 Å². The molecule has 1 aromatic rings. The summed E-state index contributed by atoms with van der Waals surface area (Å²) in [6.07, 6.45) is 11.7. The lowest BCUT2D eigenvalue weighted by Gasteiger charge is -2.30. The van der Waals surface area contributed by atoms with Crippen LogP contribution in [-0.2, 0) is 19.1 Å². The van der Waals surface area contributed by atoms with E-state index < -0.39 is 54.0 Å². The first-order chi connectivity index (χ1) is 20.7. The average molecular weight is 614 g/mol. The maximum absolute atomic E-state index is 12.9. The molecule has 0 spiro atoms. The topological polar surface area (TPSA) is 163 Å². The van der Waals surface area contributed by atoms with Crippen molar-refractivity contribution in [2.24, 2.45) is 17.8 Å². The van der Waals surface area contributed by atoms with Crippen molar-refractivity contribution in [2.75, 3.05) is 0 Å². The fourth-order valence-corrected chi connectivity index (χ4v) is 5.37. The molecule has 9 atom stereocenters. The van der Waals surface area contributed by atoms with Gasteiger partial charge in [0.15, 0.2) is 5.89 Å². The van der Waals surface area contributed by atoms with E-state index in [2.05, 4.69) is 4.98 Å². The lowest BCUT2D eigenvalue weighted by Crippen LogP contribution is -2.40. The van der Waals surface area contributed by atoms with E-state index >= 15 is 0 Å². The molecule has 1 fully saturated rings. The van der Waals surface area contributed by atoms with Crippen molar-refractivity contribution in [2.45, 2.75) is 103 Å². The molecule has 1 aromatic heterocycles. The first kappa shape index (κ1) is 35.2. The Kier molecular flexibility index (Phi) is 12.5. The first-order valence-electron chi connectivity index (χ1n) is 15.1. The van der Waals surface area contributed by atoms with E-state index in [9.17, 15) is 30.0 Å². The molecule has 0 aliphatic carbocycles. The number of hydrogen-bond donors (Lipinski definition) is 4. The molecule has 2 aliphatic rings. The molecule has 1 saturated heterocycles. The quantitative estimate of drug-likeness (QED) is 0.140. The summed E-state index contributed by atoms with van der Waals surface area (Å²) in [5.74, 6) is -2.29. The minimum absolute atomic E-state index is 0.0283. The molecule has 4 N–H and O–H groups in total. The Morgan fingerprint density at radius 1 is 1.23 bits per heavy atom. The van der Waals surface area contributed by atoms with Gasteiger partial charge in [-0.1, -0.05) is 50.3 Å². The van der Waals surface area contributed by atoms with Gasteiger partial charge in [0.25, 0.3) is 0 Å². The average Bonchev–Trinajstić information content (AvgIpc) is 3.45. The zero-order chi connectivity index (χ0) is 32.6. The highest BCUT2D eigenvalue weighted by Crippen LogP contribution is 2.43. The third kappa shape index (κ3) is 10.1. The number of carbonyl (C=O) groups excluding carboxylic acids is 1. The van der Waals surface area contributed by atoms with Gasteiger partial charge in [-0.25, -0.2) is 9.78 Å². The molecule has 3 heterocycles. The molecule has 3 rings (SSSR count). The van der Waals surface area contributed by atoms with Gasteiger partial charge in [-0.15, -0.1) is 0 Å². The number of oxazole rings is 1. The zero-order valence-electron chi connectivity index (χ0n) is 26.4. The van der Waals surface area contributed by atoms with Crippen LogP contribution in [0.1, 0.15) is 71.9 Å². The molecule has 10 heteroatoms. The Morgan fingerprint density at radius 2 is 1.95 bits per heavy atom. The zero-order valence-corrected chi connectivity index (χ0v) is 26.4. The summed E-state index contributed by atoms with van der Waals surface area (Å²) in [5.41, 5.74) is 1.37. The van der Waals surface area contributed by atoms with Crippen LogP contribution in [0.15, 0.2) is 64.4 Å². The summed E-state index contributed by atoms with van der Waals surface area (Å²) in [6, 6.07) is 0. The predicted molar refractivity (Wildman–Crippen MR) is 165 cm³/mol. The summed E-state index contributed by atoms with van der Waals surface area (Å²) in [5, 5.41) is 42.4. The van der Waals surface area contributed by atoms with Crippen molar-refractivity contribution >= 4 is 18.0 Å². The highest BCUT2D eigenvalue weighted by molar-refractivity contribution is 5.82. The van der Waals surface area contributed by atoms with Crippen LogP contribution in [-0.4, -0.2) is 73.5 Å². The number of carbonyl (C=O) groups is 2. The van der Waals surface area contributed by atoms with E-state index in [-0.39, 0.29) is 37.5 Å². The van der Waals surface area contributed by atoms with Gasteiger partial charge in [-0.3, -0.25) is 4.79 Å². The Balaban J connectivity index is 1.78. The fourth-order valence-electron chi connectivity index (χ4n) is 5.37. The number of esters is 1. The van der Waals surface area contributed by atoms with Gasteiger partial charge in [-0.2, -0.15) is 0 Å². The molecule has 0 aromatic carbocycles. The molecule has 0 saturated carbocycles. The van der Waals surface area contributed by atoms with Gasteiger partial charge >= 0.3 is 11.9 Å². The molecule has 2 aliphatic heterocycles. The lowest BCUT2D eigenvalue weighted by molar-refractivity contribution is -0.150. The van der Waals surface area contributed by atoms with E-state index in [4.69, 9.17) is 13.9 Å². The standard InChI is InChI=1S/C34H47NO9/c1-20(15-26-19-42-24(5)35-26)9-7-10-22(3)33(41)23(4)28-18-29(37)34(6)30(44-34)14-13-21(2)27(36)16-25(17-31(38)39)11-8-12-32(40)43-28/h7-10,12-15,19,21,23,25,27-30,33,36-37,41H,11,16-18H2,1-6H3,(H,38,39)/b9-7+,12-8+,14-13+,20-15+,22-10+/t21-,23-,25-,27?,28+,29+,30-,33+,34-/m1/s1. The van der Waals surface area contributed by atoms with Gasteiger partial charge in [0.05, 0.1) is 18.3 Å². The van der Waals surface area contributed by atoms with Crippen LogP contribution in [0.25, 0.3) is 6.08 Å². The number of aromatic nitrogens is 1. The number of ether oxygens (including phenoxy) is 2. The molecule has 0 bridgehead atoms. The number of fused-ring (bicyclic) bond motifs is 1. The van der Waals surface area contributed by atoms with Gasteiger partial charge < -0.3 is 34.3 Å². The summed E-state index contributed by atoms with van der Waals surface area (Å²) in [6.45, 7) is 10.8. The van der Waals surface area contributed by atoms with Crippen molar-refractivity contribution in [3.05, 3.63) is 71.5 Å². The second-order valence-electron chi connectivity index (χ2n) is 12.4. The molecular formula is C34H47NO9. The van der Waals surface area contributed by atoms with E-state index in [1.54, 1.807) is 52.2 Å². The minimum atomic E-state index is -1.00. The van der Waals surface area contributed by atoms with Crippen molar-refractivity contribution in [1.29, 1.82) is 0 Å². The van der Waals surface area contributed by atoms with E-state index in [0.29, 0.717) is 17.2 Å². The normalized spacial score (nSPS) is 33.7. The molecule has 0 amide bonds. The monoisotopic (exact) mass is 613 g/mol. The van der Waals surface area contributed by atoms with Crippen molar-refractivity contribution in [3.63, 3.8) is 0 Å². The van der Waals surface area contributed by atoms with Crippen LogP contribution in [0.3, 0.4) is 0 Å². The summed E-state index contributed by atoms with van der Waals surface area (Å²) in [4.78, 5) is 28.5. The Hall–Kier alpha value is -3.31. The van der Waals surface area contributed by atoms with Crippen molar-refractivity contribution in [1.82, 2.24) is 4.98 Å². The fraction of sp³-hybridized carbons (Fsp3) is 0.559. The third-order valence-electron chi connectivity index (χ3n) is 8.51. The van der Waals surface area contributed by atoms with Gasteiger partial charge in [0.1, 0.15) is 29.8 Å². The summed E-state index contributed by atoms with van der Waals surface area (Å²) < 4.78 is 16.8. The van der Waals surface area contributed by atoms with Gasteiger partial charge in [0, 0.05) is 37.7 Å². The highest BCUT2D eigenvalue weighted by atomic mass is 16.6. The second kappa shape index (κ2) is 15.6. The van der Waals surface area contributed by atoms with Crippen LogP contribution in [0.2, 0.25) is 0 Å². The second-order valence-corrected chi connectivity index (χ2v) is 12.4. The lowest BCUT2D eigenvalue weighted by atomic mass is 9.86. The van der Waals surface area contributed by atoms with E-state index in [0.717, 1.165) is 5.57 Å². The Morgan fingerprint density at radius 3 is 2.61 bits per heavy atom. The number of carboxylic acids is 1. The molecule has 242 valence electrons. The first-order valence-corrected chi connectivity index (χ1v) is 15.1. The largest absolute Gasteiger partial charge is 0.481 e. The van der Waals surface area contributed by atoms with Crippen molar-refractivity contribution < 1.29 is 43.9 Å². The number of carboxylic acid groups (broad SMARTS) is 1. The maximum Gasteiger partial charge on any atom is 0.330 e. The third-order valence-corrected chi connectivity index (χ3v) is 8.51. The number of epoxide rings is 1. The van der Waals surface area contributed by atoms with Gasteiger partial charge in [0.2, 0.25) is 0 Å². The number of aliphatic hydroxyl groups is 3. The van der Waals surface area contributed by atoms with E-state index in [1.807, 2.05) is 38.2 Å². The smallest absolute Gasteiger partial charge is 0.330 e. The number of nitrogens with zero attached hydrogens (tertiary/aromatic N) is 1. The van der Waals surface area contributed by atoms with Gasteiger partial charge in [-0.05, 0) is 56.8 Å². The van der Waals surface area contributed by atoms with Crippen LogP contribution in [0.5, 0.6) is 0 Å². The minimum Gasteiger partial charge on any atom is -0.481 e. The number of rotatable bonds is 8. The number of allylic oxidation sites excluding steroid dienone is 5. The van der Waals surface area contributed by atoms with Crippen molar-refractivity contribution in [3.8, 4) is 0 Å².